The van der Waals surface area contributed by atoms with E-state index in [1.807, 2.05) is 17.5 Å². The highest BCUT2D eigenvalue weighted by molar-refractivity contribution is 7.10. The van der Waals surface area contributed by atoms with Crippen LogP contribution in [0.25, 0.3) is 0 Å². The predicted octanol–water partition coefficient (Wildman–Crippen LogP) is 3.70. The smallest absolute Gasteiger partial charge is 0.133 e. The highest BCUT2D eigenvalue weighted by atomic mass is 32.1. The fraction of sp³-hybridized carbons (Fsp3) is 0.529. The molecule has 3 heterocycles. The maximum Gasteiger partial charge on any atom is 0.133 e. The van der Waals surface area contributed by atoms with Crippen molar-refractivity contribution in [3.8, 4) is 0 Å². The topological polar surface area (TPSA) is 29.0 Å². The monoisotopic (exact) mass is 301 g/mol. The van der Waals surface area contributed by atoms with Crippen molar-refractivity contribution < 1.29 is 0 Å². The van der Waals surface area contributed by atoms with Gasteiger partial charge in [-0.2, -0.15) is 0 Å². The molecule has 2 aromatic rings. The standard InChI is InChI=1S/C17H23N3S/c1-12-7-14(21-11-12)9-20-6-5-13-8-18-16(17(2,3)4)19-15(13)10-20/h7-8,11H,5-6,9-10H2,1-4H3. The van der Waals surface area contributed by atoms with Crippen molar-refractivity contribution >= 4 is 11.3 Å². The minimum absolute atomic E-state index is 0.0160. The number of hydrogen-bond acceptors (Lipinski definition) is 4. The molecule has 2 aromatic heterocycles. The van der Waals surface area contributed by atoms with Crippen LogP contribution in [-0.2, 0) is 24.9 Å². The minimum Gasteiger partial charge on any atom is -0.292 e. The van der Waals surface area contributed by atoms with Gasteiger partial charge in [-0.25, -0.2) is 9.97 Å². The SMILES string of the molecule is Cc1csc(CN2CCc3cnc(C(C)(C)C)nc3C2)c1. The maximum absolute atomic E-state index is 4.83. The average Bonchev–Trinajstić information content (AvgIpc) is 2.82. The van der Waals surface area contributed by atoms with Crippen LogP contribution < -0.4 is 0 Å². The first-order chi connectivity index (χ1) is 9.91. The van der Waals surface area contributed by atoms with E-state index in [0.717, 1.165) is 31.9 Å². The molecule has 0 atom stereocenters. The van der Waals surface area contributed by atoms with Crippen molar-refractivity contribution in [3.63, 3.8) is 0 Å². The van der Waals surface area contributed by atoms with Gasteiger partial charge in [0.15, 0.2) is 0 Å². The lowest BCUT2D eigenvalue weighted by molar-refractivity contribution is 0.242. The van der Waals surface area contributed by atoms with Gasteiger partial charge in [-0.05, 0) is 35.9 Å². The van der Waals surface area contributed by atoms with Crippen LogP contribution in [0.2, 0.25) is 0 Å². The van der Waals surface area contributed by atoms with Crippen LogP contribution in [0.3, 0.4) is 0 Å². The molecule has 0 saturated carbocycles. The van der Waals surface area contributed by atoms with Gasteiger partial charge in [-0.1, -0.05) is 20.8 Å². The van der Waals surface area contributed by atoms with Gasteiger partial charge in [0, 0.05) is 36.1 Å². The summed E-state index contributed by atoms with van der Waals surface area (Å²) in [5.74, 6) is 0.954. The van der Waals surface area contributed by atoms with Gasteiger partial charge in [0.05, 0.1) is 5.69 Å². The Morgan fingerprint density at radius 1 is 1.33 bits per heavy atom. The van der Waals surface area contributed by atoms with Crippen molar-refractivity contribution in [2.45, 2.75) is 52.6 Å². The summed E-state index contributed by atoms with van der Waals surface area (Å²) in [5.41, 5.74) is 3.92. The van der Waals surface area contributed by atoms with Crippen molar-refractivity contribution in [1.82, 2.24) is 14.9 Å². The molecule has 0 radical (unpaired) electrons. The Bertz CT molecular complexity index is 640. The first-order valence-electron chi connectivity index (χ1n) is 7.53. The normalized spacial score (nSPS) is 16.0. The molecule has 0 fully saturated rings. The molecule has 4 heteroatoms. The third-order valence-corrected chi connectivity index (χ3v) is 4.90. The van der Waals surface area contributed by atoms with Crippen molar-refractivity contribution in [1.29, 1.82) is 0 Å². The van der Waals surface area contributed by atoms with Crippen LogP contribution in [0.1, 0.15) is 48.3 Å². The first-order valence-corrected chi connectivity index (χ1v) is 8.41. The number of thiophene rings is 1. The Labute approximate surface area is 131 Å². The highest BCUT2D eigenvalue weighted by Gasteiger charge is 2.23. The lowest BCUT2D eigenvalue weighted by Gasteiger charge is -2.28. The molecule has 0 unspecified atom stereocenters. The van der Waals surface area contributed by atoms with E-state index in [0.29, 0.717) is 0 Å². The lowest BCUT2D eigenvalue weighted by Crippen LogP contribution is -2.31. The number of aryl methyl sites for hydroxylation is 1. The van der Waals surface area contributed by atoms with E-state index in [1.54, 1.807) is 0 Å². The third kappa shape index (κ3) is 3.33. The Hall–Kier alpha value is -1.26. The molecule has 0 N–H and O–H groups in total. The summed E-state index contributed by atoms with van der Waals surface area (Å²) < 4.78 is 0. The molecule has 1 aliphatic rings. The fourth-order valence-electron chi connectivity index (χ4n) is 2.65. The summed E-state index contributed by atoms with van der Waals surface area (Å²) in [6.07, 6.45) is 3.10. The zero-order chi connectivity index (χ0) is 15.0. The second-order valence-corrected chi connectivity index (χ2v) is 7.96. The van der Waals surface area contributed by atoms with E-state index >= 15 is 0 Å². The first kappa shape index (κ1) is 14.7. The molecule has 0 amide bonds. The summed E-state index contributed by atoms with van der Waals surface area (Å²) in [6, 6.07) is 2.29. The molecule has 0 bridgehead atoms. The van der Waals surface area contributed by atoms with Gasteiger partial charge in [-0.3, -0.25) is 4.90 Å². The van der Waals surface area contributed by atoms with E-state index in [9.17, 15) is 0 Å². The quantitative estimate of drug-likeness (QED) is 0.847. The zero-order valence-electron chi connectivity index (χ0n) is 13.3. The summed E-state index contributed by atoms with van der Waals surface area (Å²) in [4.78, 5) is 13.3. The zero-order valence-corrected chi connectivity index (χ0v) is 14.1. The summed E-state index contributed by atoms with van der Waals surface area (Å²) >= 11 is 1.86. The second-order valence-electron chi connectivity index (χ2n) is 6.97. The number of rotatable bonds is 2. The average molecular weight is 301 g/mol. The largest absolute Gasteiger partial charge is 0.292 e. The molecule has 0 aromatic carbocycles. The molecule has 112 valence electrons. The second kappa shape index (κ2) is 5.50. The third-order valence-electron chi connectivity index (χ3n) is 3.86. The van der Waals surface area contributed by atoms with Crippen LogP contribution in [0, 0.1) is 6.92 Å². The minimum atomic E-state index is 0.0160. The van der Waals surface area contributed by atoms with Crippen molar-refractivity contribution in [2.24, 2.45) is 0 Å². The predicted molar refractivity (Wildman–Crippen MR) is 87.6 cm³/mol. The number of fused-ring (bicyclic) bond motifs is 1. The molecule has 3 rings (SSSR count). The molecule has 1 aliphatic heterocycles. The van der Waals surface area contributed by atoms with E-state index in [4.69, 9.17) is 4.98 Å². The molecular weight excluding hydrogens is 278 g/mol. The van der Waals surface area contributed by atoms with Gasteiger partial charge in [0.2, 0.25) is 0 Å². The summed E-state index contributed by atoms with van der Waals surface area (Å²) in [5, 5.41) is 2.23. The molecule has 3 nitrogen and oxygen atoms in total. The Morgan fingerprint density at radius 3 is 2.81 bits per heavy atom. The van der Waals surface area contributed by atoms with Crippen LogP contribution in [0.5, 0.6) is 0 Å². The highest BCUT2D eigenvalue weighted by Crippen LogP contribution is 2.24. The molecule has 0 spiro atoms. The molecule has 21 heavy (non-hydrogen) atoms. The lowest BCUT2D eigenvalue weighted by atomic mass is 9.95. The van der Waals surface area contributed by atoms with Crippen LogP contribution in [0.15, 0.2) is 17.6 Å². The van der Waals surface area contributed by atoms with Crippen molar-refractivity contribution in [2.75, 3.05) is 6.54 Å². The number of hydrogen-bond donors (Lipinski definition) is 0. The summed E-state index contributed by atoms with van der Waals surface area (Å²) in [7, 11) is 0. The van der Waals surface area contributed by atoms with Crippen LogP contribution in [-0.4, -0.2) is 21.4 Å². The van der Waals surface area contributed by atoms with E-state index in [2.05, 4.69) is 49.0 Å². The van der Waals surface area contributed by atoms with E-state index in [1.165, 1.54) is 21.7 Å². The van der Waals surface area contributed by atoms with Gasteiger partial charge >= 0.3 is 0 Å². The Kier molecular flexibility index (Phi) is 3.84. The van der Waals surface area contributed by atoms with Crippen LogP contribution >= 0.6 is 11.3 Å². The summed E-state index contributed by atoms with van der Waals surface area (Å²) in [6.45, 7) is 11.7. The number of aromatic nitrogens is 2. The van der Waals surface area contributed by atoms with Gasteiger partial charge in [0.1, 0.15) is 5.82 Å². The fourth-order valence-corrected chi connectivity index (χ4v) is 3.56. The van der Waals surface area contributed by atoms with Crippen molar-refractivity contribution in [3.05, 3.63) is 45.2 Å². The molecule has 0 aliphatic carbocycles. The molecular formula is C17H23N3S. The van der Waals surface area contributed by atoms with Gasteiger partial charge < -0.3 is 0 Å². The maximum atomic E-state index is 4.83. The molecule has 0 saturated heterocycles. The van der Waals surface area contributed by atoms with E-state index in [-0.39, 0.29) is 5.41 Å². The van der Waals surface area contributed by atoms with Crippen LogP contribution in [0.4, 0.5) is 0 Å². The van der Waals surface area contributed by atoms with Gasteiger partial charge in [0.25, 0.3) is 0 Å². The Morgan fingerprint density at radius 2 is 2.14 bits per heavy atom. The van der Waals surface area contributed by atoms with Gasteiger partial charge in [-0.15, -0.1) is 11.3 Å². The Balaban J connectivity index is 1.77. The van der Waals surface area contributed by atoms with E-state index < -0.39 is 0 Å². The number of nitrogens with zero attached hydrogens (tertiary/aromatic N) is 3.